The van der Waals surface area contributed by atoms with E-state index >= 15 is 0 Å². The van der Waals surface area contributed by atoms with Crippen LogP contribution in [0.25, 0.3) is 0 Å². The molecule has 5 heteroatoms. The first-order chi connectivity index (χ1) is 9.76. The number of carbonyl (C=O) groups is 1. The summed E-state index contributed by atoms with van der Waals surface area (Å²) in [5, 5.41) is 11.6. The van der Waals surface area contributed by atoms with Gasteiger partial charge in [0.15, 0.2) is 0 Å². The average molecular weight is 274 g/mol. The second-order valence-electron chi connectivity index (χ2n) is 5.77. The van der Waals surface area contributed by atoms with Gasteiger partial charge in [0.2, 0.25) is 5.91 Å². The lowest BCUT2D eigenvalue weighted by Crippen LogP contribution is -2.41. The van der Waals surface area contributed by atoms with Gasteiger partial charge in [0.25, 0.3) is 0 Å². The first-order valence-corrected chi connectivity index (χ1v) is 7.63. The van der Waals surface area contributed by atoms with Crippen molar-refractivity contribution in [3.05, 3.63) is 23.8 Å². The van der Waals surface area contributed by atoms with E-state index in [0.29, 0.717) is 12.3 Å². The Balaban J connectivity index is 1.56. The number of nitrogens with one attached hydrogen (secondary N) is 1. The molecule has 5 nitrogen and oxygen atoms in total. The highest BCUT2D eigenvalue weighted by Crippen LogP contribution is 2.21. The monoisotopic (exact) mass is 274 g/mol. The molecule has 0 bridgehead atoms. The number of carbonyl (C=O) groups excluding carboxylic acids is 1. The Hall–Kier alpha value is -1.65. The molecule has 1 aromatic heterocycles. The first-order valence-electron chi connectivity index (χ1n) is 7.63. The summed E-state index contributed by atoms with van der Waals surface area (Å²) in [6.45, 7) is 2.91. The van der Waals surface area contributed by atoms with Crippen LogP contribution in [-0.2, 0) is 24.2 Å². The molecule has 0 saturated heterocycles. The molecule has 1 amide bonds. The van der Waals surface area contributed by atoms with Gasteiger partial charge in [0.1, 0.15) is 11.6 Å². The molecule has 2 heterocycles. The Morgan fingerprint density at radius 3 is 3.10 bits per heavy atom. The third-order valence-electron chi connectivity index (χ3n) is 4.26. The summed E-state index contributed by atoms with van der Waals surface area (Å²) >= 11 is 0. The average Bonchev–Trinajstić information content (AvgIpc) is 3.07. The number of rotatable bonds is 4. The summed E-state index contributed by atoms with van der Waals surface area (Å²) in [6, 6.07) is 0.224. The fraction of sp³-hybridized carbons (Fsp3) is 0.667. The van der Waals surface area contributed by atoms with Crippen molar-refractivity contribution in [2.75, 3.05) is 0 Å². The van der Waals surface area contributed by atoms with Crippen molar-refractivity contribution in [3.8, 4) is 0 Å². The summed E-state index contributed by atoms with van der Waals surface area (Å²) in [5.74, 6) is 2.71. The van der Waals surface area contributed by atoms with Crippen molar-refractivity contribution in [1.29, 1.82) is 0 Å². The van der Waals surface area contributed by atoms with E-state index < -0.39 is 0 Å². The van der Waals surface area contributed by atoms with Gasteiger partial charge in [-0.05, 0) is 25.2 Å². The van der Waals surface area contributed by atoms with Gasteiger partial charge in [-0.1, -0.05) is 19.1 Å². The quantitative estimate of drug-likeness (QED) is 0.849. The molecule has 0 unspecified atom stereocenters. The predicted molar refractivity (Wildman–Crippen MR) is 76.1 cm³/mol. The molecule has 0 saturated carbocycles. The Labute approximate surface area is 119 Å². The van der Waals surface area contributed by atoms with Crippen LogP contribution in [0.1, 0.15) is 44.3 Å². The van der Waals surface area contributed by atoms with Crippen molar-refractivity contribution < 1.29 is 4.79 Å². The largest absolute Gasteiger partial charge is 0.352 e. The molecule has 2 atom stereocenters. The van der Waals surface area contributed by atoms with E-state index in [2.05, 4.69) is 39.2 Å². The minimum Gasteiger partial charge on any atom is -0.352 e. The number of aromatic nitrogens is 3. The third kappa shape index (κ3) is 2.76. The van der Waals surface area contributed by atoms with Crippen molar-refractivity contribution in [3.63, 3.8) is 0 Å². The first kappa shape index (κ1) is 13.3. The summed E-state index contributed by atoms with van der Waals surface area (Å²) < 4.78 is 2.17. The Morgan fingerprint density at radius 1 is 1.45 bits per heavy atom. The molecule has 0 fully saturated rings. The zero-order valence-electron chi connectivity index (χ0n) is 12.0. The van der Waals surface area contributed by atoms with E-state index in [1.54, 1.807) is 0 Å². The van der Waals surface area contributed by atoms with E-state index in [1.807, 2.05) is 0 Å². The van der Waals surface area contributed by atoms with Crippen molar-refractivity contribution >= 4 is 5.91 Å². The van der Waals surface area contributed by atoms with E-state index in [4.69, 9.17) is 0 Å². The summed E-state index contributed by atoms with van der Waals surface area (Å²) in [7, 11) is 0. The maximum atomic E-state index is 12.1. The van der Waals surface area contributed by atoms with Gasteiger partial charge in [-0.3, -0.25) is 4.79 Å². The molecule has 1 aliphatic heterocycles. The van der Waals surface area contributed by atoms with Crippen LogP contribution >= 0.6 is 0 Å². The van der Waals surface area contributed by atoms with Gasteiger partial charge < -0.3 is 9.88 Å². The van der Waals surface area contributed by atoms with Gasteiger partial charge in [0, 0.05) is 31.8 Å². The van der Waals surface area contributed by atoms with Crippen LogP contribution in [0.2, 0.25) is 0 Å². The Morgan fingerprint density at radius 2 is 2.35 bits per heavy atom. The van der Waals surface area contributed by atoms with Crippen LogP contribution in [0, 0.1) is 5.92 Å². The van der Waals surface area contributed by atoms with E-state index in [-0.39, 0.29) is 11.9 Å². The highest BCUT2D eigenvalue weighted by atomic mass is 16.1. The molecular weight excluding hydrogens is 252 g/mol. The maximum absolute atomic E-state index is 12.1. The smallest absolute Gasteiger partial charge is 0.220 e. The number of amides is 1. The van der Waals surface area contributed by atoms with E-state index in [1.165, 1.54) is 0 Å². The van der Waals surface area contributed by atoms with Crippen LogP contribution in [0.4, 0.5) is 0 Å². The second kappa shape index (κ2) is 5.77. The van der Waals surface area contributed by atoms with Crippen molar-refractivity contribution in [2.24, 2.45) is 5.92 Å². The molecule has 1 aliphatic carbocycles. The molecule has 20 heavy (non-hydrogen) atoms. The van der Waals surface area contributed by atoms with Gasteiger partial charge in [-0.25, -0.2) is 0 Å². The lowest BCUT2D eigenvalue weighted by molar-refractivity contribution is -0.122. The highest BCUT2D eigenvalue weighted by molar-refractivity contribution is 5.76. The predicted octanol–water partition coefficient (Wildman–Crippen LogP) is 1.63. The topological polar surface area (TPSA) is 59.8 Å². The normalized spacial score (nSPS) is 24.6. The molecule has 0 radical (unpaired) electrons. The Bertz CT molecular complexity index is 506. The van der Waals surface area contributed by atoms with Crippen LogP contribution in [-0.4, -0.2) is 26.7 Å². The Kier molecular flexibility index (Phi) is 3.85. The number of nitrogens with zero attached hydrogens (tertiary/aromatic N) is 3. The zero-order chi connectivity index (χ0) is 13.9. The molecule has 1 N–H and O–H groups in total. The van der Waals surface area contributed by atoms with Crippen LogP contribution < -0.4 is 5.32 Å². The molecule has 108 valence electrons. The van der Waals surface area contributed by atoms with Gasteiger partial charge in [-0.15, -0.1) is 10.2 Å². The molecular formula is C15H22N4O. The number of aryl methyl sites for hydroxylation is 2. The number of fused-ring (bicyclic) bond motifs is 1. The highest BCUT2D eigenvalue weighted by Gasteiger charge is 2.24. The number of hydrogen-bond donors (Lipinski definition) is 1. The van der Waals surface area contributed by atoms with Crippen LogP contribution in [0.3, 0.4) is 0 Å². The minimum atomic E-state index is 0.182. The fourth-order valence-electron chi connectivity index (χ4n) is 3.15. The number of allylic oxidation sites excluding steroid dienone is 2. The van der Waals surface area contributed by atoms with Crippen LogP contribution in [0.5, 0.6) is 0 Å². The van der Waals surface area contributed by atoms with E-state index in [9.17, 15) is 4.79 Å². The third-order valence-corrected chi connectivity index (χ3v) is 4.26. The lowest BCUT2D eigenvalue weighted by atomic mass is 10.0. The van der Waals surface area contributed by atoms with Crippen LogP contribution in [0.15, 0.2) is 12.2 Å². The van der Waals surface area contributed by atoms with E-state index in [0.717, 1.165) is 50.3 Å². The SMILES string of the molecule is CCc1nnc2n1C[C@H](NC(=O)C[C@H]1C=CCC1)CC2. The minimum absolute atomic E-state index is 0.182. The van der Waals surface area contributed by atoms with Gasteiger partial charge in [-0.2, -0.15) is 0 Å². The second-order valence-corrected chi connectivity index (χ2v) is 5.77. The van der Waals surface area contributed by atoms with Crippen molar-refractivity contribution in [1.82, 2.24) is 20.1 Å². The summed E-state index contributed by atoms with van der Waals surface area (Å²) in [5.41, 5.74) is 0. The summed E-state index contributed by atoms with van der Waals surface area (Å²) in [6.07, 6.45) is 9.97. The standard InChI is InChI=1S/C15H22N4O/c1-2-13-17-18-14-8-7-12(10-19(13)14)16-15(20)9-11-5-3-4-6-11/h3,5,11-12H,2,4,6-10H2,1H3,(H,16,20)/t11-,12+/m0/s1. The molecule has 3 rings (SSSR count). The molecule has 2 aliphatic rings. The summed E-state index contributed by atoms with van der Waals surface area (Å²) in [4.78, 5) is 12.1. The number of hydrogen-bond acceptors (Lipinski definition) is 3. The van der Waals surface area contributed by atoms with Crippen molar-refractivity contribution in [2.45, 2.75) is 58.0 Å². The van der Waals surface area contributed by atoms with Gasteiger partial charge >= 0.3 is 0 Å². The molecule has 0 spiro atoms. The molecule has 1 aromatic rings. The van der Waals surface area contributed by atoms with Gasteiger partial charge in [0.05, 0.1) is 0 Å². The maximum Gasteiger partial charge on any atom is 0.220 e. The fourth-order valence-corrected chi connectivity index (χ4v) is 3.15. The zero-order valence-corrected chi connectivity index (χ0v) is 12.0. The lowest BCUT2D eigenvalue weighted by Gasteiger charge is -2.25. The molecule has 0 aromatic carbocycles.